The highest BCUT2D eigenvalue weighted by Gasteiger charge is 2.14. The summed E-state index contributed by atoms with van der Waals surface area (Å²) in [7, 11) is 0. The maximum atomic E-state index is 11.2. The molecule has 1 N–H and O–H groups in total. The van der Waals surface area contributed by atoms with Crippen molar-refractivity contribution in [1.29, 1.82) is 0 Å². The van der Waals surface area contributed by atoms with Gasteiger partial charge in [0.2, 0.25) is 0 Å². The summed E-state index contributed by atoms with van der Waals surface area (Å²) >= 11 is 0. The molecular weight excluding hydrogens is 200 g/mol. The van der Waals surface area contributed by atoms with Gasteiger partial charge in [0.1, 0.15) is 5.78 Å². The SMILES string of the molecule is CC(=O)Cc1ccccc1N1CCNCC1. The van der Waals surface area contributed by atoms with Crippen LogP contribution in [0.4, 0.5) is 5.69 Å². The van der Waals surface area contributed by atoms with E-state index in [4.69, 9.17) is 0 Å². The molecule has 0 bridgehead atoms. The van der Waals surface area contributed by atoms with E-state index in [-0.39, 0.29) is 5.78 Å². The minimum atomic E-state index is 0.225. The smallest absolute Gasteiger partial charge is 0.134 e. The Labute approximate surface area is 96.5 Å². The highest BCUT2D eigenvalue weighted by atomic mass is 16.1. The van der Waals surface area contributed by atoms with E-state index in [1.54, 1.807) is 6.92 Å². The van der Waals surface area contributed by atoms with Gasteiger partial charge < -0.3 is 10.2 Å². The van der Waals surface area contributed by atoms with Crippen LogP contribution in [0.2, 0.25) is 0 Å². The Hall–Kier alpha value is -1.35. The predicted octanol–water partition coefficient (Wildman–Crippen LogP) is 1.23. The van der Waals surface area contributed by atoms with Gasteiger partial charge in [-0.25, -0.2) is 0 Å². The first kappa shape index (κ1) is 11.1. The number of Topliss-reactive ketones (excluding diaryl/α,β-unsaturated/α-hetero) is 1. The third-order valence-electron chi connectivity index (χ3n) is 2.89. The number of hydrogen-bond donors (Lipinski definition) is 1. The van der Waals surface area contributed by atoms with Crippen LogP contribution >= 0.6 is 0 Å². The molecule has 1 saturated heterocycles. The number of hydrogen-bond acceptors (Lipinski definition) is 3. The van der Waals surface area contributed by atoms with Crippen LogP contribution in [0.5, 0.6) is 0 Å². The summed E-state index contributed by atoms with van der Waals surface area (Å²) in [6, 6.07) is 8.22. The van der Waals surface area contributed by atoms with E-state index in [9.17, 15) is 4.79 Å². The zero-order chi connectivity index (χ0) is 11.4. The second-order valence-corrected chi connectivity index (χ2v) is 4.24. The number of carbonyl (C=O) groups excluding carboxylic acids is 1. The number of carbonyl (C=O) groups is 1. The van der Waals surface area contributed by atoms with Gasteiger partial charge in [-0.1, -0.05) is 18.2 Å². The molecule has 0 spiro atoms. The molecule has 86 valence electrons. The average molecular weight is 218 g/mol. The van der Waals surface area contributed by atoms with E-state index >= 15 is 0 Å². The molecule has 0 amide bonds. The minimum Gasteiger partial charge on any atom is -0.369 e. The summed E-state index contributed by atoms with van der Waals surface area (Å²) in [5.74, 6) is 0.225. The Morgan fingerprint density at radius 1 is 1.31 bits per heavy atom. The molecular formula is C13H18N2O. The van der Waals surface area contributed by atoms with Gasteiger partial charge in [0, 0.05) is 38.3 Å². The molecule has 0 aliphatic carbocycles. The van der Waals surface area contributed by atoms with Crippen LogP contribution in [-0.4, -0.2) is 32.0 Å². The van der Waals surface area contributed by atoms with Crippen LogP contribution in [0, 0.1) is 0 Å². The first-order valence-corrected chi connectivity index (χ1v) is 5.80. The second-order valence-electron chi connectivity index (χ2n) is 4.24. The lowest BCUT2D eigenvalue weighted by atomic mass is 10.1. The van der Waals surface area contributed by atoms with Crippen molar-refractivity contribution in [2.24, 2.45) is 0 Å². The summed E-state index contributed by atoms with van der Waals surface area (Å²) in [6.45, 7) is 5.74. The Morgan fingerprint density at radius 3 is 2.69 bits per heavy atom. The Balaban J connectivity index is 2.20. The molecule has 2 rings (SSSR count). The fourth-order valence-electron chi connectivity index (χ4n) is 2.14. The van der Waals surface area contributed by atoms with Crippen molar-refractivity contribution in [2.45, 2.75) is 13.3 Å². The number of nitrogens with one attached hydrogen (secondary N) is 1. The van der Waals surface area contributed by atoms with E-state index in [0.29, 0.717) is 6.42 Å². The van der Waals surface area contributed by atoms with E-state index in [1.807, 2.05) is 12.1 Å². The predicted molar refractivity (Wildman–Crippen MR) is 65.9 cm³/mol. The first-order chi connectivity index (χ1) is 7.77. The fraction of sp³-hybridized carbons (Fsp3) is 0.462. The fourth-order valence-corrected chi connectivity index (χ4v) is 2.14. The largest absolute Gasteiger partial charge is 0.369 e. The summed E-state index contributed by atoms with van der Waals surface area (Å²) in [5, 5.41) is 3.34. The number of rotatable bonds is 3. The van der Waals surface area contributed by atoms with E-state index in [1.165, 1.54) is 5.69 Å². The standard InChI is InChI=1S/C13H18N2O/c1-11(16)10-12-4-2-3-5-13(12)15-8-6-14-7-9-15/h2-5,14H,6-10H2,1H3. The number of ketones is 1. The molecule has 3 nitrogen and oxygen atoms in total. The maximum Gasteiger partial charge on any atom is 0.134 e. The van der Waals surface area contributed by atoms with Crippen molar-refractivity contribution < 1.29 is 4.79 Å². The zero-order valence-electron chi connectivity index (χ0n) is 9.70. The van der Waals surface area contributed by atoms with Gasteiger partial charge in [-0.05, 0) is 18.6 Å². The average Bonchev–Trinajstić information content (AvgIpc) is 2.30. The van der Waals surface area contributed by atoms with Crippen LogP contribution < -0.4 is 10.2 Å². The van der Waals surface area contributed by atoms with Crippen molar-refractivity contribution in [3.63, 3.8) is 0 Å². The molecule has 0 saturated carbocycles. The van der Waals surface area contributed by atoms with Gasteiger partial charge >= 0.3 is 0 Å². The minimum absolute atomic E-state index is 0.225. The summed E-state index contributed by atoms with van der Waals surface area (Å²) in [5.41, 5.74) is 2.37. The first-order valence-electron chi connectivity index (χ1n) is 5.80. The second kappa shape index (κ2) is 5.12. The van der Waals surface area contributed by atoms with Crippen molar-refractivity contribution in [2.75, 3.05) is 31.1 Å². The van der Waals surface area contributed by atoms with Crippen LogP contribution in [0.25, 0.3) is 0 Å². The normalized spacial score (nSPS) is 16.2. The van der Waals surface area contributed by atoms with Crippen molar-refractivity contribution in [1.82, 2.24) is 5.32 Å². The Morgan fingerprint density at radius 2 is 2.00 bits per heavy atom. The third-order valence-corrected chi connectivity index (χ3v) is 2.89. The van der Waals surface area contributed by atoms with Gasteiger partial charge in [0.15, 0.2) is 0 Å². The van der Waals surface area contributed by atoms with Crippen molar-refractivity contribution in [3.05, 3.63) is 29.8 Å². The molecule has 3 heteroatoms. The van der Waals surface area contributed by atoms with E-state index in [0.717, 1.165) is 31.7 Å². The maximum absolute atomic E-state index is 11.2. The summed E-state index contributed by atoms with van der Waals surface area (Å²) in [4.78, 5) is 13.6. The number of anilines is 1. The van der Waals surface area contributed by atoms with Crippen molar-refractivity contribution >= 4 is 11.5 Å². The molecule has 1 aliphatic heterocycles. The van der Waals surface area contributed by atoms with Gasteiger partial charge in [-0.15, -0.1) is 0 Å². The lowest BCUT2D eigenvalue weighted by Crippen LogP contribution is -2.43. The molecule has 0 aromatic heterocycles. The van der Waals surface area contributed by atoms with E-state index < -0.39 is 0 Å². The topological polar surface area (TPSA) is 32.3 Å². The molecule has 1 fully saturated rings. The highest BCUT2D eigenvalue weighted by Crippen LogP contribution is 2.21. The molecule has 0 radical (unpaired) electrons. The molecule has 1 aromatic carbocycles. The summed E-state index contributed by atoms with van der Waals surface area (Å²) < 4.78 is 0. The quantitative estimate of drug-likeness (QED) is 0.828. The lowest BCUT2D eigenvalue weighted by Gasteiger charge is -2.31. The number of nitrogens with zero attached hydrogens (tertiary/aromatic N) is 1. The highest BCUT2D eigenvalue weighted by molar-refractivity contribution is 5.80. The van der Waals surface area contributed by atoms with Gasteiger partial charge in [-0.2, -0.15) is 0 Å². The number of piperazine rings is 1. The molecule has 0 atom stereocenters. The van der Waals surface area contributed by atoms with Gasteiger partial charge in [0.25, 0.3) is 0 Å². The zero-order valence-corrected chi connectivity index (χ0v) is 9.70. The van der Waals surface area contributed by atoms with Crippen molar-refractivity contribution in [3.8, 4) is 0 Å². The Bertz CT molecular complexity index is 370. The summed E-state index contributed by atoms with van der Waals surface area (Å²) in [6.07, 6.45) is 0.542. The van der Waals surface area contributed by atoms with Crippen LogP contribution in [0.15, 0.2) is 24.3 Å². The molecule has 16 heavy (non-hydrogen) atoms. The lowest BCUT2D eigenvalue weighted by molar-refractivity contribution is -0.116. The number of para-hydroxylation sites is 1. The number of benzene rings is 1. The van der Waals surface area contributed by atoms with Gasteiger partial charge in [0.05, 0.1) is 0 Å². The molecule has 1 aromatic rings. The molecule has 0 unspecified atom stereocenters. The third kappa shape index (κ3) is 2.61. The van der Waals surface area contributed by atoms with Crippen LogP contribution in [-0.2, 0) is 11.2 Å². The molecule has 1 heterocycles. The van der Waals surface area contributed by atoms with Gasteiger partial charge in [-0.3, -0.25) is 4.79 Å². The van der Waals surface area contributed by atoms with Crippen LogP contribution in [0.1, 0.15) is 12.5 Å². The molecule has 1 aliphatic rings. The van der Waals surface area contributed by atoms with Crippen LogP contribution in [0.3, 0.4) is 0 Å². The monoisotopic (exact) mass is 218 g/mol. The van der Waals surface area contributed by atoms with E-state index in [2.05, 4.69) is 22.3 Å². The Kier molecular flexibility index (Phi) is 3.57.